The van der Waals surface area contributed by atoms with Gasteiger partial charge in [0.25, 0.3) is 0 Å². The lowest BCUT2D eigenvalue weighted by molar-refractivity contribution is -0.0427. The molecule has 0 aromatic carbocycles. The molecular weight excluding hydrogens is 306 g/mol. The molecule has 2 aromatic heterocycles. The Morgan fingerprint density at radius 2 is 2.08 bits per heavy atom. The van der Waals surface area contributed by atoms with Crippen molar-refractivity contribution < 1.29 is 9.15 Å². The van der Waals surface area contributed by atoms with E-state index in [-0.39, 0.29) is 11.5 Å². The minimum atomic E-state index is -0.0126. The Morgan fingerprint density at radius 3 is 2.71 bits per heavy atom. The second-order valence-electron chi connectivity index (χ2n) is 7.48. The largest absolute Gasteiger partial charge is 0.444 e. The Balaban J connectivity index is 1.59. The lowest BCUT2D eigenvalue weighted by atomic mass is 9.94. The SMILES string of the molecule is Cc1nc(C)n(C[C@@H]2CN(Cc3ncc(C(C)(C)C)o3)CCO2)n1. The molecule has 3 heterocycles. The number of aromatic nitrogens is 4. The van der Waals surface area contributed by atoms with Gasteiger partial charge in [0.1, 0.15) is 17.4 Å². The van der Waals surface area contributed by atoms with Gasteiger partial charge in [0.2, 0.25) is 5.89 Å². The number of nitrogens with zero attached hydrogens (tertiary/aromatic N) is 5. The van der Waals surface area contributed by atoms with E-state index >= 15 is 0 Å². The Morgan fingerprint density at radius 1 is 1.29 bits per heavy atom. The molecule has 0 N–H and O–H groups in total. The molecule has 2 aromatic rings. The predicted molar refractivity (Wildman–Crippen MR) is 89.7 cm³/mol. The highest BCUT2D eigenvalue weighted by Crippen LogP contribution is 2.23. The molecule has 0 saturated carbocycles. The van der Waals surface area contributed by atoms with E-state index in [1.54, 1.807) is 0 Å². The average Bonchev–Trinajstić information content (AvgIpc) is 3.06. The van der Waals surface area contributed by atoms with Crippen LogP contribution < -0.4 is 0 Å². The van der Waals surface area contributed by atoms with Crippen molar-refractivity contribution >= 4 is 0 Å². The van der Waals surface area contributed by atoms with E-state index in [0.717, 1.165) is 42.9 Å². The molecule has 3 rings (SSSR count). The second-order valence-corrected chi connectivity index (χ2v) is 7.48. The van der Waals surface area contributed by atoms with Crippen LogP contribution in [-0.2, 0) is 23.2 Å². The van der Waals surface area contributed by atoms with Crippen LogP contribution in [0.5, 0.6) is 0 Å². The molecule has 1 saturated heterocycles. The summed E-state index contributed by atoms with van der Waals surface area (Å²) in [7, 11) is 0. The number of aryl methyl sites for hydroxylation is 2. The Hall–Kier alpha value is -1.73. The highest BCUT2D eigenvalue weighted by Gasteiger charge is 2.24. The maximum absolute atomic E-state index is 5.91. The van der Waals surface area contributed by atoms with Crippen LogP contribution in [0, 0.1) is 13.8 Å². The van der Waals surface area contributed by atoms with Crippen LogP contribution in [0.3, 0.4) is 0 Å². The maximum atomic E-state index is 5.91. The van der Waals surface area contributed by atoms with Gasteiger partial charge < -0.3 is 9.15 Å². The first-order valence-electron chi connectivity index (χ1n) is 8.48. The monoisotopic (exact) mass is 333 g/mol. The van der Waals surface area contributed by atoms with Crippen LogP contribution in [0.2, 0.25) is 0 Å². The minimum absolute atomic E-state index is 0.0126. The average molecular weight is 333 g/mol. The molecule has 24 heavy (non-hydrogen) atoms. The number of hydrogen-bond donors (Lipinski definition) is 0. The van der Waals surface area contributed by atoms with Gasteiger partial charge in [0.05, 0.1) is 32.0 Å². The summed E-state index contributed by atoms with van der Waals surface area (Å²) in [6, 6.07) is 0. The topological polar surface area (TPSA) is 69.2 Å². The third kappa shape index (κ3) is 4.02. The van der Waals surface area contributed by atoms with Crippen molar-refractivity contribution in [3.63, 3.8) is 0 Å². The molecule has 0 spiro atoms. The zero-order chi connectivity index (χ0) is 17.3. The lowest BCUT2D eigenvalue weighted by Gasteiger charge is -2.32. The Labute approximate surface area is 143 Å². The number of ether oxygens (including phenoxy) is 1. The molecule has 1 aliphatic rings. The van der Waals surface area contributed by atoms with E-state index in [0.29, 0.717) is 13.2 Å². The third-order valence-electron chi connectivity index (χ3n) is 4.21. The maximum Gasteiger partial charge on any atom is 0.208 e. The molecule has 7 nitrogen and oxygen atoms in total. The van der Waals surface area contributed by atoms with E-state index in [9.17, 15) is 0 Å². The first kappa shape index (κ1) is 17.1. The van der Waals surface area contributed by atoms with E-state index in [4.69, 9.17) is 9.15 Å². The normalized spacial score (nSPS) is 19.8. The fourth-order valence-electron chi connectivity index (χ4n) is 2.88. The van der Waals surface area contributed by atoms with E-state index < -0.39 is 0 Å². The van der Waals surface area contributed by atoms with Crippen LogP contribution >= 0.6 is 0 Å². The summed E-state index contributed by atoms with van der Waals surface area (Å²) >= 11 is 0. The summed E-state index contributed by atoms with van der Waals surface area (Å²) in [6.07, 6.45) is 1.95. The summed E-state index contributed by atoms with van der Waals surface area (Å²) < 4.78 is 13.7. The van der Waals surface area contributed by atoms with Crippen molar-refractivity contribution in [3.8, 4) is 0 Å². The lowest BCUT2D eigenvalue weighted by Crippen LogP contribution is -2.44. The van der Waals surface area contributed by atoms with Gasteiger partial charge in [0.15, 0.2) is 0 Å². The van der Waals surface area contributed by atoms with Crippen molar-refractivity contribution in [1.82, 2.24) is 24.6 Å². The molecule has 0 aliphatic carbocycles. The van der Waals surface area contributed by atoms with Crippen molar-refractivity contribution in [2.24, 2.45) is 0 Å². The molecular formula is C17H27N5O2. The smallest absolute Gasteiger partial charge is 0.208 e. The fraction of sp³-hybridized carbons (Fsp3) is 0.706. The van der Waals surface area contributed by atoms with Crippen LogP contribution in [-0.4, -0.2) is 50.4 Å². The van der Waals surface area contributed by atoms with Crippen LogP contribution in [0.25, 0.3) is 0 Å². The van der Waals surface area contributed by atoms with E-state index in [1.165, 1.54) is 0 Å². The third-order valence-corrected chi connectivity index (χ3v) is 4.21. The highest BCUT2D eigenvalue weighted by atomic mass is 16.5. The first-order chi connectivity index (χ1) is 11.3. The van der Waals surface area contributed by atoms with Gasteiger partial charge in [-0.1, -0.05) is 20.8 Å². The molecule has 0 radical (unpaired) electrons. The molecule has 1 atom stereocenters. The van der Waals surface area contributed by atoms with Crippen LogP contribution in [0.15, 0.2) is 10.6 Å². The Bertz CT molecular complexity index is 685. The van der Waals surface area contributed by atoms with Gasteiger partial charge in [0, 0.05) is 18.5 Å². The van der Waals surface area contributed by atoms with Crippen molar-refractivity contribution in [2.75, 3.05) is 19.7 Å². The second kappa shape index (κ2) is 6.64. The summed E-state index contributed by atoms with van der Waals surface area (Å²) in [5.41, 5.74) is -0.0126. The quantitative estimate of drug-likeness (QED) is 0.853. The zero-order valence-electron chi connectivity index (χ0n) is 15.2. The number of oxazole rings is 1. The number of hydrogen-bond acceptors (Lipinski definition) is 6. The van der Waals surface area contributed by atoms with Crippen molar-refractivity contribution in [2.45, 2.75) is 59.2 Å². The summed E-state index contributed by atoms with van der Waals surface area (Å²) in [4.78, 5) is 11.1. The van der Waals surface area contributed by atoms with Gasteiger partial charge in [-0.3, -0.25) is 4.90 Å². The predicted octanol–water partition coefficient (Wildman–Crippen LogP) is 2.08. The Kier molecular flexibility index (Phi) is 4.73. The van der Waals surface area contributed by atoms with Gasteiger partial charge in [-0.25, -0.2) is 14.6 Å². The van der Waals surface area contributed by atoms with Gasteiger partial charge >= 0.3 is 0 Å². The highest BCUT2D eigenvalue weighted by molar-refractivity contribution is 5.06. The van der Waals surface area contributed by atoms with E-state index in [2.05, 4.69) is 40.7 Å². The molecule has 1 aliphatic heterocycles. The fourth-order valence-corrected chi connectivity index (χ4v) is 2.88. The van der Waals surface area contributed by atoms with Crippen molar-refractivity contribution in [3.05, 3.63) is 29.5 Å². The van der Waals surface area contributed by atoms with Crippen molar-refractivity contribution in [1.29, 1.82) is 0 Å². The van der Waals surface area contributed by atoms with Gasteiger partial charge in [-0.2, -0.15) is 5.10 Å². The first-order valence-corrected chi connectivity index (χ1v) is 8.48. The van der Waals surface area contributed by atoms with E-state index in [1.807, 2.05) is 24.7 Å². The minimum Gasteiger partial charge on any atom is -0.444 e. The summed E-state index contributed by atoms with van der Waals surface area (Å²) in [6.45, 7) is 14.1. The van der Waals surface area contributed by atoms with Crippen LogP contribution in [0.1, 0.15) is 44.1 Å². The van der Waals surface area contributed by atoms with Gasteiger partial charge in [-0.05, 0) is 13.8 Å². The molecule has 132 valence electrons. The van der Waals surface area contributed by atoms with Gasteiger partial charge in [-0.15, -0.1) is 0 Å². The summed E-state index contributed by atoms with van der Waals surface area (Å²) in [5, 5.41) is 4.42. The molecule has 0 bridgehead atoms. The standard InChI is InChI=1S/C17H27N5O2/c1-12-19-13(2)22(20-12)10-14-9-21(6-7-23-14)11-16-18-8-15(24-16)17(3,4)5/h8,14H,6-7,9-11H2,1-5H3/t14-/m0/s1. The number of morpholine rings is 1. The zero-order valence-corrected chi connectivity index (χ0v) is 15.2. The van der Waals surface area contributed by atoms with Crippen LogP contribution in [0.4, 0.5) is 0 Å². The molecule has 1 fully saturated rings. The molecule has 0 unspecified atom stereocenters. The number of rotatable bonds is 4. The molecule has 7 heteroatoms. The summed E-state index contributed by atoms with van der Waals surface area (Å²) in [5.74, 6) is 3.43. The molecule has 0 amide bonds.